The summed E-state index contributed by atoms with van der Waals surface area (Å²) < 4.78 is 34.7. The highest BCUT2D eigenvalue weighted by molar-refractivity contribution is 7.45. The van der Waals surface area contributed by atoms with E-state index in [1.807, 2.05) is 21.1 Å². The summed E-state index contributed by atoms with van der Waals surface area (Å²) in [6.45, 7) is 5.15. The van der Waals surface area contributed by atoms with Crippen molar-refractivity contribution in [2.45, 2.75) is 225 Å². The van der Waals surface area contributed by atoms with Crippen molar-refractivity contribution >= 4 is 13.8 Å². The normalized spacial score (nSPS) is 14.2. The van der Waals surface area contributed by atoms with Gasteiger partial charge in [0, 0.05) is 13.0 Å². The molecule has 8 nitrogen and oxygen atoms in total. The molecule has 0 saturated heterocycles. The van der Waals surface area contributed by atoms with Gasteiger partial charge in [0.05, 0.1) is 34.4 Å². The van der Waals surface area contributed by atoms with E-state index in [0.717, 1.165) is 70.6 Å². The van der Waals surface area contributed by atoms with Gasteiger partial charge in [-0.05, 0) is 83.5 Å². The Bertz CT molecular complexity index is 1340. The van der Waals surface area contributed by atoms with Crippen molar-refractivity contribution in [2.75, 3.05) is 54.1 Å². The Morgan fingerprint density at radius 1 is 0.478 bits per heavy atom. The molecule has 388 valence electrons. The molecule has 0 radical (unpaired) electrons. The van der Waals surface area contributed by atoms with E-state index in [2.05, 4.69) is 98.9 Å². The summed E-state index contributed by atoms with van der Waals surface area (Å²) in [5.41, 5.74) is 0. The first-order valence-corrected chi connectivity index (χ1v) is 28.8. The van der Waals surface area contributed by atoms with Crippen LogP contribution < -0.4 is 4.89 Å². The van der Waals surface area contributed by atoms with Crippen LogP contribution in [0.2, 0.25) is 0 Å². The summed E-state index contributed by atoms with van der Waals surface area (Å²) >= 11 is 0. The van der Waals surface area contributed by atoms with E-state index in [1.54, 1.807) is 0 Å². The summed E-state index contributed by atoms with van der Waals surface area (Å²) in [6, 6.07) is 0. The van der Waals surface area contributed by atoms with E-state index >= 15 is 0 Å². The van der Waals surface area contributed by atoms with Crippen LogP contribution in [0.4, 0.5) is 0 Å². The predicted octanol–water partition coefficient (Wildman–Crippen LogP) is 16.5. The van der Waals surface area contributed by atoms with E-state index in [4.69, 9.17) is 18.5 Å². The van der Waals surface area contributed by atoms with Gasteiger partial charge in [0.2, 0.25) is 0 Å². The molecular formula is C58H104NO7P. The molecule has 0 aromatic heterocycles. The Morgan fingerprint density at radius 3 is 1.31 bits per heavy atom. The number of allylic oxidation sites excluding steroid dienone is 14. The van der Waals surface area contributed by atoms with Gasteiger partial charge >= 0.3 is 5.97 Å². The molecule has 0 aliphatic carbocycles. The van der Waals surface area contributed by atoms with Crippen molar-refractivity contribution in [1.82, 2.24) is 0 Å². The van der Waals surface area contributed by atoms with Gasteiger partial charge in [0.25, 0.3) is 7.82 Å². The van der Waals surface area contributed by atoms with Gasteiger partial charge in [-0.1, -0.05) is 214 Å². The molecule has 0 aromatic rings. The average molecular weight is 958 g/mol. The molecule has 0 aromatic carbocycles. The van der Waals surface area contributed by atoms with E-state index in [-0.39, 0.29) is 25.8 Å². The Labute approximate surface area is 414 Å². The highest BCUT2D eigenvalue weighted by atomic mass is 31.2. The Balaban J connectivity index is 4.18. The second-order valence-corrected chi connectivity index (χ2v) is 20.6. The van der Waals surface area contributed by atoms with Gasteiger partial charge in [-0.25, -0.2) is 0 Å². The maximum absolute atomic E-state index is 12.8. The number of likely N-dealkylation sites (N-methyl/N-ethyl adjacent to an activating group) is 1. The number of hydrogen-bond donors (Lipinski definition) is 0. The van der Waals surface area contributed by atoms with Crippen LogP contribution in [-0.4, -0.2) is 70.7 Å². The molecule has 0 spiro atoms. The second kappa shape index (κ2) is 50.1. The van der Waals surface area contributed by atoms with Crippen LogP contribution in [0.5, 0.6) is 0 Å². The zero-order chi connectivity index (χ0) is 49.0. The molecule has 67 heavy (non-hydrogen) atoms. The summed E-state index contributed by atoms with van der Waals surface area (Å²) in [5, 5.41) is 0. The Morgan fingerprint density at radius 2 is 0.866 bits per heavy atom. The number of quaternary nitrogens is 1. The third-order valence-corrected chi connectivity index (χ3v) is 12.4. The topological polar surface area (TPSA) is 94.1 Å². The van der Waals surface area contributed by atoms with Crippen LogP contribution in [0.25, 0.3) is 0 Å². The molecule has 0 amide bonds. The zero-order valence-corrected chi connectivity index (χ0v) is 45.0. The molecule has 2 atom stereocenters. The molecule has 0 aliphatic rings. The summed E-state index contributed by atoms with van der Waals surface area (Å²) in [7, 11) is 1.31. The van der Waals surface area contributed by atoms with Gasteiger partial charge in [-0.2, -0.15) is 0 Å². The number of carbonyl (C=O) groups excluding carboxylic acids is 1. The molecule has 0 heterocycles. The number of unbranched alkanes of at least 4 members (excludes halogenated alkanes) is 22. The van der Waals surface area contributed by atoms with Crippen molar-refractivity contribution in [1.29, 1.82) is 0 Å². The minimum atomic E-state index is -4.55. The first kappa shape index (κ1) is 64.7. The van der Waals surface area contributed by atoms with E-state index in [1.165, 1.54) is 128 Å². The van der Waals surface area contributed by atoms with Crippen molar-refractivity contribution < 1.29 is 37.3 Å². The fourth-order valence-corrected chi connectivity index (χ4v) is 7.99. The molecule has 0 rings (SSSR count). The first-order chi connectivity index (χ1) is 32.6. The number of phosphoric ester groups is 1. The predicted molar refractivity (Wildman–Crippen MR) is 286 cm³/mol. The number of carbonyl (C=O) groups is 1. The van der Waals surface area contributed by atoms with Crippen LogP contribution in [0.15, 0.2) is 85.1 Å². The summed E-state index contributed by atoms with van der Waals surface area (Å²) in [5.74, 6) is -0.354. The fraction of sp³-hybridized carbons (Fsp3) is 0.741. The molecule has 0 bridgehead atoms. The Hall–Kier alpha value is -2.32. The highest BCUT2D eigenvalue weighted by Crippen LogP contribution is 2.38. The summed E-state index contributed by atoms with van der Waals surface area (Å²) in [4.78, 5) is 25.2. The van der Waals surface area contributed by atoms with Gasteiger partial charge in [0.15, 0.2) is 0 Å². The van der Waals surface area contributed by atoms with Gasteiger partial charge in [-0.15, -0.1) is 0 Å². The largest absolute Gasteiger partial charge is 0.756 e. The zero-order valence-electron chi connectivity index (χ0n) is 44.1. The van der Waals surface area contributed by atoms with Gasteiger partial charge < -0.3 is 27.9 Å². The summed E-state index contributed by atoms with van der Waals surface area (Å²) in [6.07, 6.45) is 67.8. The van der Waals surface area contributed by atoms with E-state index in [9.17, 15) is 14.3 Å². The van der Waals surface area contributed by atoms with Crippen molar-refractivity contribution in [3.63, 3.8) is 0 Å². The second-order valence-electron chi connectivity index (χ2n) is 19.2. The maximum Gasteiger partial charge on any atom is 0.306 e. The SMILES string of the molecule is CC/C=C\C/C=C\C/C=C\C/C=C\C/C=C\C/C=C\CCCOCC(COP(=O)([O-])OCC[N+](C)(C)C)OC(=O)CCCCCCCCCCCCCCC/C=C\CCCCCCCCCC. The van der Waals surface area contributed by atoms with Crippen LogP contribution in [0.3, 0.4) is 0 Å². The first-order valence-electron chi connectivity index (χ1n) is 27.3. The molecule has 0 aliphatic heterocycles. The van der Waals surface area contributed by atoms with Crippen molar-refractivity contribution in [3.05, 3.63) is 85.1 Å². The van der Waals surface area contributed by atoms with Gasteiger partial charge in [0.1, 0.15) is 19.3 Å². The number of esters is 1. The van der Waals surface area contributed by atoms with Crippen LogP contribution in [0.1, 0.15) is 219 Å². The quantitative estimate of drug-likeness (QED) is 0.0197. The smallest absolute Gasteiger partial charge is 0.306 e. The van der Waals surface area contributed by atoms with Crippen molar-refractivity contribution in [2.24, 2.45) is 0 Å². The molecule has 2 unspecified atom stereocenters. The monoisotopic (exact) mass is 958 g/mol. The molecular weight excluding hydrogens is 854 g/mol. The van der Waals surface area contributed by atoms with Crippen LogP contribution >= 0.6 is 7.82 Å². The number of nitrogens with zero attached hydrogens (tertiary/aromatic N) is 1. The molecule has 9 heteroatoms. The van der Waals surface area contributed by atoms with E-state index < -0.39 is 13.9 Å². The average Bonchev–Trinajstić information content (AvgIpc) is 3.29. The molecule has 0 N–H and O–H groups in total. The number of rotatable bonds is 50. The lowest BCUT2D eigenvalue weighted by atomic mass is 10.0. The lowest BCUT2D eigenvalue weighted by molar-refractivity contribution is -0.870. The van der Waals surface area contributed by atoms with E-state index in [0.29, 0.717) is 24.1 Å². The fourth-order valence-electron chi connectivity index (χ4n) is 7.26. The standard InChI is InChI=1S/C58H104NO7P/c1-6-8-10-12-14-16-18-20-22-24-26-28-29-30-31-32-33-35-37-39-41-43-45-47-49-51-58(60)66-57(56-65-67(61,62)64-54-52-59(3,4)5)55-63-53-50-48-46-44-42-40-38-36-34-27-25-23-21-19-17-15-13-11-9-7-2/h9,11,15,17,21,23-24,26-27,34,38,40,44,46,57H,6-8,10,12-14,16,18-20,22,25,28-33,35-37,39,41-43,45,47-56H2,1-5H3/b11-9-,17-15-,23-21-,26-24-,34-27-,40-38-,46-44-. The number of hydrogen-bond acceptors (Lipinski definition) is 7. The third kappa shape index (κ3) is 54.5. The lowest BCUT2D eigenvalue weighted by Crippen LogP contribution is -2.37. The van der Waals surface area contributed by atoms with Crippen LogP contribution in [-0.2, 0) is 27.9 Å². The van der Waals surface area contributed by atoms with Gasteiger partial charge in [-0.3, -0.25) is 9.36 Å². The third-order valence-electron chi connectivity index (χ3n) is 11.4. The minimum Gasteiger partial charge on any atom is -0.756 e. The maximum atomic E-state index is 12.8. The molecule has 0 fully saturated rings. The number of phosphoric acid groups is 1. The highest BCUT2D eigenvalue weighted by Gasteiger charge is 2.20. The van der Waals surface area contributed by atoms with Crippen LogP contribution in [0, 0.1) is 0 Å². The lowest BCUT2D eigenvalue weighted by Gasteiger charge is -2.28. The molecule has 0 saturated carbocycles. The Kier molecular flexibility index (Phi) is 48.3. The van der Waals surface area contributed by atoms with Crippen molar-refractivity contribution in [3.8, 4) is 0 Å². The minimum absolute atomic E-state index is 0.0116. The number of ether oxygens (including phenoxy) is 2.